The first-order chi connectivity index (χ1) is 6.68. The van der Waals surface area contributed by atoms with Crippen molar-refractivity contribution < 1.29 is 0 Å². The van der Waals surface area contributed by atoms with Gasteiger partial charge in [-0.25, -0.2) is 0 Å². The van der Waals surface area contributed by atoms with Gasteiger partial charge >= 0.3 is 0 Å². The van der Waals surface area contributed by atoms with Crippen LogP contribution in [0.3, 0.4) is 0 Å². The third-order valence-corrected chi connectivity index (χ3v) is 2.93. The Bertz CT molecular complexity index is 331. The molecular formula is C12H18N2. The lowest BCUT2D eigenvalue weighted by molar-refractivity contribution is 0.744. The smallest absolute Gasteiger partial charge is 0.0397 e. The molecule has 0 radical (unpaired) electrons. The summed E-state index contributed by atoms with van der Waals surface area (Å²) in [4.78, 5) is 4.51. The fraction of sp³-hybridized carbons (Fsp3) is 0.500. The summed E-state index contributed by atoms with van der Waals surface area (Å²) in [5.41, 5.74) is 4.20. The highest BCUT2D eigenvalue weighted by molar-refractivity contribution is 5.62. The maximum Gasteiger partial charge on any atom is 0.0397 e. The molecule has 0 saturated heterocycles. The maximum atomic E-state index is 2.35. The van der Waals surface area contributed by atoms with Crippen LogP contribution < -0.4 is 9.80 Å². The van der Waals surface area contributed by atoms with Gasteiger partial charge in [-0.05, 0) is 36.6 Å². The lowest BCUT2D eigenvalue weighted by Gasteiger charge is -2.28. The van der Waals surface area contributed by atoms with Gasteiger partial charge < -0.3 is 9.80 Å². The number of hydrogen-bond acceptors (Lipinski definition) is 2. The van der Waals surface area contributed by atoms with E-state index in [1.165, 1.54) is 36.3 Å². The zero-order chi connectivity index (χ0) is 10.1. The summed E-state index contributed by atoms with van der Waals surface area (Å²) in [5.74, 6) is 0. The molecule has 0 amide bonds. The minimum atomic E-state index is 1.19. The number of hydrogen-bond donors (Lipinski definition) is 0. The zero-order valence-corrected chi connectivity index (χ0v) is 9.25. The summed E-state index contributed by atoms with van der Waals surface area (Å²) in [5, 5.41) is 0. The average molecular weight is 190 g/mol. The second kappa shape index (κ2) is 3.52. The molecule has 0 aromatic heterocycles. The van der Waals surface area contributed by atoms with E-state index in [-0.39, 0.29) is 0 Å². The van der Waals surface area contributed by atoms with E-state index >= 15 is 0 Å². The summed E-state index contributed by atoms with van der Waals surface area (Å²) in [6.07, 6.45) is 2.50. The van der Waals surface area contributed by atoms with Gasteiger partial charge in [0.1, 0.15) is 0 Å². The molecule has 0 fully saturated rings. The van der Waals surface area contributed by atoms with Gasteiger partial charge in [-0.1, -0.05) is 0 Å². The molecule has 1 aliphatic heterocycles. The van der Waals surface area contributed by atoms with Crippen LogP contribution in [-0.2, 0) is 6.42 Å². The van der Waals surface area contributed by atoms with Crippen molar-refractivity contribution >= 4 is 11.4 Å². The monoisotopic (exact) mass is 190 g/mol. The molecule has 0 atom stereocenters. The van der Waals surface area contributed by atoms with E-state index in [1.54, 1.807) is 0 Å². The molecule has 14 heavy (non-hydrogen) atoms. The minimum Gasteiger partial charge on any atom is -0.378 e. The standard InChI is InChI=1S/C12H18N2/c1-13(2)11-6-7-12-10(9-11)5-4-8-14(12)3/h6-7,9H,4-5,8H2,1-3H3. The minimum absolute atomic E-state index is 1.19. The highest BCUT2D eigenvalue weighted by Crippen LogP contribution is 2.29. The highest BCUT2D eigenvalue weighted by atomic mass is 15.1. The summed E-state index contributed by atoms with van der Waals surface area (Å²) < 4.78 is 0. The third-order valence-electron chi connectivity index (χ3n) is 2.93. The largest absolute Gasteiger partial charge is 0.378 e. The molecule has 0 spiro atoms. The molecule has 1 aromatic rings. The van der Waals surface area contributed by atoms with Crippen LogP contribution in [0.15, 0.2) is 18.2 Å². The van der Waals surface area contributed by atoms with Crippen LogP contribution in [-0.4, -0.2) is 27.7 Å². The zero-order valence-electron chi connectivity index (χ0n) is 9.25. The number of rotatable bonds is 1. The molecule has 0 bridgehead atoms. The van der Waals surface area contributed by atoms with Gasteiger partial charge in [-0.15, -0.1) is 0 Å². The van der Waals surface area contributed by atoms with E-state index in [0.717, 1.165) is 0 Å². The Morgan fingerprint density at radius 1 is 1.29 bits per heavy atom. The molecule has 2 heteroatoms. The Balaban J connectivity index is 2.39. The number of fused-ring (bicyclic) bond motifs is 1. The molecular weight excluding hydrogens is 172 g/mol. The van der Waals surface area contributed by atoms with Crippen molar-refractivity contribution in [1.82, 2.24) is 0 Å². The van der Waals surface area contributed by atoms with Gasteiger partial charge in [0, 0.05) is 39.1 Å². The lowest BCUT2D eigenvalue weighted by atomic mass is 10.0. The topological polar surface area (TPSA) is 6.48 Å². The van der Waals surface area contributed by atoms with E-state index in [2.05, 4.69) is 49.1 Å². The predicted molar refractivity (Wildman–Crippen MR) is 62.4 cm³/mol. The summed E-state index contributed by atoms with van der Waals surface area (Å²) >= 11 is 0. The van der Waals surface area contributed by atoms with Crippen molar-refractivity contribution in [2.24, 2.45) is 0 Å². The van der Waals surface area contributed by atoms with Crippen LogP contribution in [0.1, 0.15) is 12.0 Å². The Kier molecular flexibility index (Phi) is 2.36. The fourth-order valence-electron chi connectivity index (χ4n) is 2.05. The predicted octanol–water partition coefficient (Wildman–Crippen LogP) is 2.13. The Morgan fingerprint density at radius 3 is 2.79 bits per heavy atom. The van der Waals surface area contributed by atoms with Crippen molar-refractivity contribution in [2.45, 2.75) is 12.8 Å². The van der Waals surface area contributed by atoms with Crippen molar-refractivity contribution in [3.8, 4) is 0 Å². The third kappa shape index (κ3) is 1.57. The molecule has 2 rings (SSSR count). The van der Waals surface area contributed by atoms with Crippen molar-refractivity contribution in [3.63, 3.8) is 0 Å². The molecule has 0 saturated carbocycles. The van der Waals surface area contributed by atoms with Gasteiger partial charge in [-0.3, -0.25) is 0 Å². The van der Waals surface area contributed by atoms with Gasteiger partial charge in [0.2, 0.25) is 0 Å². The van der Waals surface area contributed by atoms with Crippen LogP contribution >= 0.6 is 0 Å². The summed E-state index contributed by atoms with van der Waals surface area (Å²) in [6, 6.07) is 6.75. The molecule has 0 unspecified atom stereocenters. The van der Waals surface area contributed by atoms with Crippen molar-refractivity contribution in [3.05, 3.63) is 23.8 Å². The molecule has 0 N–H and O–H groups in total. The summed E-state index contributed by atoms with van der Waals surface area (Å²) in [6.45, 7) is 1.19. The van der Waals surface area contributed by atoms with Gasteiger partial charge in [-0.2, -0.15) is 0 Å². The molecule has 0 aliphatic carbocycles. The van der Waals surface area contributed by atoms with E-state index < -0.39 is 0 Å². The molecule has 1 aromatic carbocycles. The van der Waals surface area contributed by atoms with E-state index in [1.807, 2.05) is 0 Å². The maximum absolute atomic E-state index is 2.35. The average Bonchev–Trinajstić information content (AvgIpc) is 2.17. The number of aryl methyl sites for hydroxylation is 1. The van der Waals surface area contributed by atoms with Gasteiger partial charge in [0.25, 0.3) is 0 Å². The van der Waals surface area contributed by atoms with Crippen LogP contribution in [0, 0.1) is 0 Å². The fourth-order valence-corrected chi connectivity index (χ4v) is 2.05. The number of nitrogens with zero attached hydrogens (tertiary/aromatic N) is 2. The normalized spacial score (nSPS) is 15.2. The first kappa shape index (κ1) is 9.38. The molecule has 76 valence electrons. The van der Waals surface area contributed by atoms with Crippen LogP contribution in [0.5, 0.6) is 0 Å². The van der Waals surface area contributed by atoms with Crippen molar-refractivity contribution in [1.29, 1.82) is 0 Å². The Hall–Kier alpha value is -1.18. The number of anilines is 2. The SMILES string of the molecule is CN(C)c1ccc2c(c1)CCCN2C. The lowest BCUT2D eigenvalue weighted by Crippen LogP contribution is -2.24. The van der Waals surface area contributed by atoms with E-state index in [9.17, 15) is 0 Å². The van der Waals surface area contributed by atoms with Crippen molar-refractivity contribution in [2.75, 3.05) is 37.5 Å². The highest BCUT2D eigenvalue weighted by Gasteiger charge is 2.13. The van der Waals surface area contributed by atoms with E-state index in [0.29, 0.717) is 0 Å². The quantitative estimate of drug-likeness (QED) is 0.669. The van der Waals surface area contributed by atoms with Crippen LogP contribution in [0.2, 0.25) is 0 Å². The van der Waals surface area contributed by atoms with Crippen LogP contribution in [0.25, 0.3) is 0 Å². The Labute approximate surface area is 86.1 Å². The second-order valence-corrected chi connectivity index (χ2v) is 4.23. The first-order valence-electron chi connectivity index (χ1n) is 5.20. The van der Waals surface area contributed by atoms with Gasteiger partial charge in [0.15, 0.2) is 0 Å². The molecule has 2 nitrogen and oxygen atoms in total. The Morgan fingerprint density at radius 2 is 2.07 bits per heavy atom. The van der Waals surface area contributed by atoms with E-state index in [4.69, 9.17) is 0 Å². The van der Waals surface area contributed by atoms with Crippen LogP contribution in [0.4, 0.5) is 11.4 Å². The molecule has 1 heterocycles. The molecule has 1 aliphatic rings. The van der Waals surface area contributed by atoms with Gasteiger partial charge in [0.05, 0.1) is 0 Å². The first-order valence-corrected chi connectivity index (χ1v) is 5.20. The summed E-state index contributed by atoms with van der Waals surface area (Å²) in [7, 11) is 6.36. The second-order valence-electron chi connectivity index (χ2n) is 4.23. The number of benzene rings is 1.